The van der Waals surface area contributed by atoms with Crippen molar-refractivity contribution in [2.75, 3.05) is 13.6 Å². The van der Waals surface area contributed by atoms with Gasteiger partial charge in [0.15, 0.2) is 5.96 Å². The van der Waals surface area contributed by atoms with Crippen LogP contribution in [0.3, 0.4) is 0 Å². The summed E-state index contributed by atoms with van der Waals surface area (Å²) in [4.78, 5) is 4.26. The second-order valence-electron chi connectivity index (χ2n) is 5.80. The monoisotopic (exact) mass is 407 g/mol. The molecule has 5 nitrogen and oxygen atoms in total. The van der Waals surface area contributed by atoms with Gasteiger partial charge in [0.2, 0.25) is 0 Å². The Morgan fingerprint density at radius 1 is 1.33 bits per heavy atom. The summed E-state index contributed by atoms with van der Waals surface area (Å²) in [6, 6.07) is 0.440. The van der Waals surface area contributed by atoms with Crippen molar-refractivity contribution < 1.29 is 0 Å². The fourth-order valence-corrected chi connectivity index (χ4v) is 1.96. The third-order valence-electron chi connectivity index (χ3n) is 3.18. The van der Waals surface area contributed by atoms with Crippen LogP contribution in [0.25, 0.3) is 0 Å². The molecule has 1 aromatic rings. The van der Waals surface area contributed by atoms with Crippen LogP contribution in [0.1, 0.15) is 39.2 Å². The highest BCUT2D eigenvalue weighted by Gasteiger charge is 2.06. The van der Waals surface area contributed by atoms with Crippen molar-refractivity contribution in [3.05, 3.63) is 18.0 Å². The zero-order chi connectivity index (χ0) is 15.0. The van der Waals surface area contributed by atoms with Crippen molar-refractivity contribution in [2.45, 2.75) is 53.1 Å². The van der Waals surface area contributed by atoms with E-state index in [2.05, 4.69) is 41.5 Å². The van der Waals surface area contributed by atoms with Gasteiger partial charge < -0.3 is 10.6 Å². The molecular weight excluding hydrogens is 377 g/mol. The Morgan fingerprint density at radius 3 is 2.57 bits per heavy atom. The summed E-state index contributed by atoms with van der Waals surface area (Å²) in [5, 5.41) is 11.0. The van der Waals surface area contributed by atoms with Crippen molar-refractivity contribution in [3.8, 4) is 0 Å². The Morgan fingerprint density at radius 2 is 2.05 bits per heavy atom. The number of aryl methyl sites for hydroxylation is 1. The van der Waals surface area contributed by atoms with Crippen LogP contribution in [0.2, 0.25) is 0 Å². The molecule has 1 unspecified atom stereocenters. The number of guanidine groups is 1. The van der Waals surface area contributed by atoms with Crippen molar-refractivity contribution in [1.82, 2.24) is 20.4 Å². The second-order valence-corrected chi connectivity index (χ2v) is 5.80. The van der Waals surface area contributed by atoms with E-state index in [4.69, 9.17) is 0 Å². The molecule has 0 spiro atoms. The summed E-state index contributed by atoms with van der Waals surface area (Å²) in [5.41, 5.74) is 1.19. The lowest BCUT2D eigenvalue weighted by atomic mass is 10.0. The Kier molecular flexibility index (Phi) is 10.5. The highest BCUT2D eigenvalue weighted by Crippen LogP contribution is 2.06. The first-order valence-electron chi connectivity index (χ1n) is 7.47. The lowest BCUT2D eigenvalue weighted by molar-refractivity contribution is 0.487. The molecular formula is C15H30IN5. The topological polar surface area (TPSA) is 54.2 Å². The Bertz CT molecular complexity index is 414. The molecule has 0 aliphatic rings. The largest absolute Gasteiger partial charge is 0.355 e. The molecule has 1 rings (SSSR count). The van der Waals surface area contributed by atoms with Crippen LogP contribution in [0.15, 0.2) is 17.4 Å². The van der Waals surface area contributed by atoms with Crippen LogP contribution in [0, 0.1) is 12.8 Å². The van der Waals surface area contributed by atoms with Gasteiger partial charge in [-0.05, 0) is 38.2 Å². The van der Waals surface area contributed by atoms with Gasteiger partial charge in [-0.15, -0.1) is 24.0 Å². The average Bonchev–Trinajstić information content (AvgIpc) is 2.81. The lowest BCUT2D eigenvalue weighted by Gasteiger charge is -2.18. The summed E-state index contributed by atoms with van der Waals surface area (Å²) in [6.45, 7) is 10.4. The van der Waals surface area contributed by atoms with Crippen LogP contribution in [-0.2, 0) is 6.54 Å². The number of rotatable bonds is 7. The SMILES string of the molecule is CN=C(NCCn1cc(C)cn1)NC(C)CCC(C)C.I. The fraction of sp³-hybridized carbons (Fsp3) is 0.733. The molecule has 1 aromatic heterocycles. The minimum absolute atomic E-state index is 0. The molecule has 0 saturated carbocycles. The predicted octanol–water partition coefficient (Wildman–Crippen LogP) is 2.80. The van der Waals surface area contributed by atoms with Gasteiger partial charge in [0.1, 0.15) is 0 Å². The Hall–Kier alpha value is -0.790. The molecule has 0 saturated heterocycles. The minimum Gasteiger partial charge on any atom is -0.355 e. The summed E-state index contributed by atoms with van der Waals surface area (Å²) < 4.78 is 1.94. The van der Waals surface area contributed by atoms with Crippen molar-refractivity contribution >= 4 is 29.9 Å². The molecule has 0 amide bonds. The summed E-state index contributed by atoms with van der Waals surface area (Å²) in [7, 11) is 1.81. The van der Waals surface area contributed by atoms with Crippen LogP contribution in [-0.4, -0.2) is 35.4 Å². The first-order valence-corrected chi connectivity index (χ1v) is 7.47. The molecule has 6 heteroatoms. The highest BCUT2D eigenvalue weighted by atomic mass is 127. The Balaban J connectivity index is 0.00000400. The second kappa shape index (κ2) is 10.9. The van der Waals surface area contributed by atoms with E-state index in [1.54, 1.807) is 0 Å². The molecule has 1 atom stereocenters. The molecule has 21 heavy (non-hydrogen) atoms. The van der Waals surface area contributed by atoms with Gasteiger partial charge in [-0.25, -0.2) is 0 Å². The molecule has 0 aliphatic heterocycles. The smallest absolute Gasteiger partial charge is 0.191 e. The number of hydrogen-bond donors (Lipinski definition) is 2. The van der Waals surface area contributed by atoms with Crippen LogP contribution in [0.4, 0.5) is 0 Å². The predicted molar refractivity (Wildman–Crippen MR) is 100 cm³/mol. The fourth-order valence-electron chi connectivity index (χ4n) is 1.96. The number of nitrogens with zero attached hydrogens (tertiary/aromatic N) is 3. The summed E-state index contributed by atoms with van der Waals surface area (Å²) in [6.07, 6.45) is 6.32. The number of aliphatic imine (C=N–C) groups is 1. The lowest BCUT2D eigenvalue weighted by Crippen LogP contribution is -2.43. The van der Waals surface area contributed by atoms with Crippen molar-refractivity contribution in [1.29, 1.82) is 0 Å². The molecule has 0 aliphatic carbocycles. The maximum absolute atomic E-state index is 4.26. The normalized spacial score (nSPS) is 13.0. The summed E-state index contributed by atoms with van der Waals surface area (Å²) in [5.74, 6) is 1.61. The van der Waals surface area contributed by atoms with Gasteiger partial charge in [-0.1, -0.05) is 13.8 Å². The number of hydrogen-bond acceptors (Lipinski definition) is 2. The first-order chi connectivity index (χ1) is 9.51. The minimum atomic E-state index is 0. The van der Waals surface area contributed by atoms with E-state index >= 15 is 0 Å². The van der Waals surface area contributed by atoms with E-state index in [0.717, 1.165) is 31.4 Å². The van der Waals surface area contributed by atoms with Crippen LogP contribution >= 0.6 is 24.0 Å². The van der Waals surface area contributed by atoms with Crippen LogP contribution < -0.4 is 10.6 Å². The van der Waals surface area contributed by atoms with E-state index in [0.29, 0.717) is 6.04 Å². The van der Waals surface area contributed by atoms with Gasteiger partial charge in [-0.3, -0.25) is 9.67 Å². The van der Waals surface area contributed by atoms with E-state index in [1.165, 1.54) is 12.0 Å². The van der Waals surface area contributed by atoms with E-state index in [-0.39, 0.29) is 24.0 Å². The van der Waals surface area contributed by atoms with Crippen molar-refractivity contribution in [2.24, 2.45) is 10.9 Å². The average molecular weight is 407 g/mol. The maximum Gasteiger partial charge on any atom is 0.191 e. The van der Waals surface area contributed by atoms with Crippen LogP contribution in [0.5, 0.6) is 0 Å². The molecule has 0 bridgehead atoms. The number of aromatic nitrogens is 2. The number of halogens is 1. The maximum atomic E-state index is 4.26. The van der Waals surface area contributed by atoms with Gasteiger partial charge in [0.25, 0.3) is 0 Å². The first kappa shape index (κ1) is 20.2. The highest BCUT2D eigenvalue weighted by molar-refractivity contribution is 14.0. The zero-order valence-corrected chi connectivity index (χ0v) is 16.2. The van der Waals surface area contributed by atoms with Crippen molar-refractivity contribution in [3.63, 3.8) is 0 Å². The third kappa shape index (κ3) is 8.95. The van der Waals surface area contributed by atoms with E-state index in [1.807, 2.05) is 31.0 Å². The standard InChI is InChI=1S/C15H29N5.HI/c1-12(2)6-7-14(4)19-15(16-5)17-8-9-20-11-13(3)10-18-20;/h10-12,14H,6-9H2,1-5H3,(H2,16,17,19);1H. The molecule has 0 aromatic carbocycles. The molecule has 0 radical (unpaired) electrons. The zero-order valence-electron chi connectivity index (χ0n) is 13.9. The van der Waals surface area contributed by atoms with Gasteiger partial charge in [0.05, 0.1) is 12.7 Å². The van der Waals surface area contributed by atoms with Gasteiger partial charge in [0, 0.05) is 25.8 Å². The van der Waals surface area contributed by atoms with Gasteiger partial charge >= 0.3 is 0 Å². The molecule has 2 N–H and O–H groups in total. The van der Waals surface area contributed by atoms with E-state index in [9.17, 15) is 0 Å². The summed E-state index contributed by atoms with van der Waals surface area (Å²) >= 11 is 0. The molecule has 122 valence electrons. The third-order valence-corrected chi connectivity index (χ3v) is 3.18. The molecule has 0 fully saturated rings. The molecule has 1 heterocycles. The van der Waals surface area contributed by atoms with E-state index < -0.39 is 0 Å². The van der Waals surface area contributed by atoms with Gasteiger partial charge in [-0.2, -0.15) is 5.10 Å². The Labute approximate surface area is 146 Å². The quantitative estimate of drug-likeness (QED) is 0.415. The number of nitrogens with one attached hydrogen (secondary N) is 2.